The summed E-state index contributed by atoms with van der Waals surface area (Å²) in [4.78, 5) is 10.6. The smallest absolute Gasteiger partial charge is 0.328 e. The van der Waals surface area contributed by atoms with E-state index in [1.807, 2.05) is 0 Å². The third-order valence-electron chi connectivity index (χ3n) is 3.15. The summed E-state index contributed by atoms with van der Waals surface area (Å²) in [5.41, 5.74) is 2.02. The lowest BCUT2D eigenvalue weighted by Crippen LogP contribution is -2.06. The average Bonchev–Trinajstić information content (AvgIpc) is 2.52. The Morgan fingerprint density at radius 2 is 1.75 bits per heavy atom. The Balaban J connectivity index is 2.24. The topological polar surface area (TPSA) is 73.2 Å². The fourth-order valence-electron chi connectivity index (χ4n) is 2.00. The Labute approximate surface area is 154 Å². The number of hydrogen-bond acceptors (Lipinski definition) is 3. The summed E-state index contributed by atoms with van der Waals surface area (Å²) in [6.07, 6.45) is 2.13. The van der Waals surface area contributed by atoms with E-state index >= 15 is 0 Å². The molecule has 24 heavy (non-hydrogen) atoms. The van der Waals surface area contributed by atoms with Crippen molar-refractivity contribution >= 4 is 52.2 Å². The quantitative estimate of drug-likeness (QED) is 0.470. The fourth-order valence-corrected chi connectivity index (χ4v) is 2.64. The molecule has 0 heterocycles. The normalized spacial score (nSPS) is 10.8. The van der Waals surface area contributed by atoms with Gasteiger partial charge < -0.3 is 15.8 Å². The number of allylic oxidation sites excluding steroid dienone is 1. The van der Waals surface area contributed by atoms with Gasteiger partial charge in [-0.1, -0.05) is 40.9 Å². The molecule has 0 unspecified atom stereocenters. The number of anilines is 1. The molecule has 3 N–H and O–H groups in total. The van der Waals surface area contributed by atoms with E-state index in [0.29, 0.717) is 32.9 Å². The van der Waals surface area contributed by atoms with Crippen molar-refractivity contribution in [3.05, 3.63) is 74.7 Å². The lowest BCUT2D eigenvalue weighted by molar-refractivity contribution is -0.131. The summed E-state index contributed by atoms with van der Waals surface area (Å²) < 4.78 is 0. The Bertz CT molecular complexity index is 819. The molecule has 0 aliphatic heterocycles. The van der Waals surface area contributed by atoms with Gasteiger partial charge in [0.1, 0.15) is 0 Å². The summed E-state index contributed by atoms with van der Waals surface area (Å²) >= 11 is 18.0. The second kappa shape index (κ2) is 8.20. The first-order valence-electron chi connectivity index (χ1n) is 6.84. The van der Waals surface area contributed by atoms with Crippen molar-refractivity contribution < 1.29 is 9.90 Å². The zero-order valence-electron chi connectivity index (χ0n) is 12.3. The molecule has 0 atom stereocenters. The lowest BCUT2D eigenvalue weighted by Gasteiger charge is -2.13. The average molecular weight is 384 g/mol. The molecule has 0 fully saturated rings. The molecule has 0 spiro atoms. The second-order valence-electron chi connectivity index (χ2n) is 4.86. The Hall–Kier alpha value is -2.01. The van der Waals surface area contributed by atoms with Gasteiger partial charge in [0.2, 0.25) is 0 Å². The van der Waals surface area contributed by atoms with Crippen molar-refractivity contribution in [3.8, 4) is 0 Å². The Kier molecular flexibility index (Phi) is 6.26. The molecule has 0 saturated carbocycles. The van der Waals surface area contributed by atoms with Crippen LogP contribution < -0.4 is 5.32 Å². The highest BCUT2D eigenvalue weighted by molar-refractivity contribution is 6.35. The van der Waals surface area contributed by atoms with Crippen LogP contribution in [0.1, 0.15) is 11.1 Å². The van der Waals surface area contributed by atoms with Crippen molar-refractivity contribution in [3.63, 3.8) is 0 Å². The van der Waals surface area contributed by atoms with E-state index in [0.717, 1.165) is 11.6 Å². The summed E-state index contributed by atoms with van der Waals surface area (Å²) in [5, 5.41) is 21.4. The van der Waals surface area contributed by atoms with E-state index in [4.69, 9.17) is 45.3 Å². The zero-order valence-corrected chi connectivity index (χ0v) is 14.6. The molecule has 0 saturated heterocycles. The molecule has 0 aliphatic rings. The van der Waals surface area contributed by atoms with Gasteiger partial charge in [0.15, 0.2) is 0 Å². The van der Waals surface area contributed by atoms with Crippen molar-refractivity contribution in [2.45, 2.75) is 6.54 Å². The molecule has 2 aromatic carbocycles. The molecule has 2 aromatic rings. The SMILES string of the molecule is N=C(/C=C/C(=O)O)c1ccc(Cl)cc1NCc1ccc(Cl)cc1Cl. The Morgan fingerprint density at radius 1 is 1.08 bits per heavy atom. The fraction of sp³-hybridized carbons (Fsp3) is 0.0588. The second-order valence-corrected chi connectivity index (χ2v) is 6.14. The number of halogens is 3. The summed E-state index contributed by atoms with van der Waals surface area (Å²) in [6.45, 7) is 0.402. The van der Waals surface area contributed by atoms with E-state index in [1.54, 1.807) is 36.4 Å². The van der Waals surface area contributed by atoms with Gasteiger partial charge >= 0.3 is 5.97 Å². The van der Waals surface area contributed by atoms with Crippen molar-refractivity contribution in [2.24, 2.45) is 0 Å². The minimum absolute atomic E-state index is 0.0544. The molecule has 0 aromatic heterocycles. The van der Waals surface area contributed by atoms with E-state index < -0.39 is 5.97 Å². The predicted octanol–water partition coefficient (Wildman–Crippen LogP) is 5.27. The van der Waals surface area contributed by atoms with Gasteiger partial charge in [-0.15, -0.1) is 0 Å². The van der Waals surface area contributed by atoms with Crippen LogP contribution in [0.15, 0.2) is 48.6 Å². The first kappa shape index (κ1) is 18.3. The number of carbonyl (C=O) groups is 1. The third-order valence-corrected chi connectivity index (χ3v) is 3.97. The summed E-state index contributed by atoms with van der Waals surface area (Å²) in [5.74, 6) is -1.11. The molecular weight excluding hydrogens is 371 g/mol. The van der Waals surface area contributed by atoms with E-state index in [2.05, 4.69) is 5.32 Å². The highest BCUT2D eigenvalue weighted by Gasteiger charge is 2.09. The molecule has 0 amide bonds. The van der Waals surface area contributed by atoms with Gasteiger partial charge in [-0.05, 0) is 42.0 Å². The maximum atomic E-state index is 10.6. The van der Waals surface area contributed by atoms with Gasteiger partial charge in [0, 0.05) is 38.9 Å². The van der Waals surface area contributed by atoms with Gasteiger partial charge in [-0.25, -0.2) is 4.79 Å². The van der Waals surface area contributed by atoms with E-state index in [-0.39, 0.29) is 5.71 Å². The number of benzene rings is 2. The largest absolute Gasteiger partial charge is 0.478 e. The molecular formula is C17H13Cl3N2O2. The minimum atomic E-state index is -1.11. The summed E-state index contributed by atoms with van der Waals surface area (Å²) in [6, 6.07) is 10.2. The Morgan fingerprint density at radius 3 is 2.42 bits per heavy atom. The van der Waals surface area contributed by atoms with E-state index in [9.17, 15) is 4.79 Å². The number of nitrogens with one attached hydrogen (secondary N) is 2. The van der Waals surface area contributed by atoms with Crippen LogP contribution in [0.4, 0.5) is 5.69 Å². The van der Waals surface area contributed by atoms with Crippen molar-refractivity contribution in [1.82, 2.24) is 0 Å². The van der Waals surface area contributed by atoms with Gasteiger partial charge in [0.25, 0.3) is 0 Å². The van der Waals surface area contributed by atoms with E-state index in [1.165, 1.54) is 6.08 Å². The number of rotatable bonds is 6. The summed E-state index contributed by atoms with van der Waals surface area (Å²) in [7, 11) is 0. The molecule has 4 nitrogen and oxygen atoms in total. The highest BCUT2D eigenvalue weighted by atomic mass is 35.5. The van der Waals surface area contributed by atoms with Crippen molar-refractivity contribution in [2.75, 3.05) is 5.32 Å². The van der Waals surface area contributed by atoms with Crippen LogP contribution in [-0.4, -0.2) is 16.8 Å². The monoisotopic (exact) mass is 382 g/mol. The van der Waals surface area contributed by atoms with Crippen LogP contribution in [-0.2, 0) is 11.3 Å². The standard InChI is InChI=1S/C17H13Cl3N2O2/c18-11-2-1-10(14(20)7-11)9-22-16-8-12(19)3-4-13(16)15(21)5-6-17(23)24/h1-8,21-22H,9H2,(H,23,24)/b6-5+,21-15?. The van der Waals surface area contributed by atoms with Crippen molar-refractivity contribution in [1.29, 1.82) is 5.41 Å². The maximum absolute atomic E-state index is 10.6. The lowest BCUT2D eigenvalue weighted by atomic mass is 10.1. The molecule has 0 aliphatic carbocycles. The number of aliphatic carboxylic acids is 1. The number of hydrogen-bond donors (Lipinski definition) is 3. The minimum Gasteiger partial charge on any atom is -0.478 e. The molecule has 7 heteroatoms. The molecule has 124 valence electrons. The van der Waals surface area contributed by atoms with Gasteiger partial charge in [0.05, 0.1) is 5.71 Å². The van der Waals surface area contributed by atoms with Crippen LogP contribution in [0, 0.1) is 5.41 Å². The van der Waals surface area contributed by atoms with Crippen LogP contribution in [0.25, 0.3) is 0 Å². The van der Waals surface area contributed by atoms with Crippen LogP contribution in [0.2, 0.25) is 15.1 Å². The molecule has 2 rings (SSSR count). The highest BCUT2D eigenvalue weighted by Crippen LogP contribution is 2.25. The maximum Gasteiger partial charge on any atom is 0.328 e. The van der Waals surface area contributed by atoms with Crippen LogP contribution in [0.3, 0.4) is 0 Å². The predicted molar refractivity (Wildman–Crippen MR) is 98.8 cm³/mol. The van der Waals surface area contributed by atoms with Crippen LogP contribution >= 0.6 is 34.8 Å². The number of carboxylic acid groups (broad SMARTS) is 1. The molecule has 0 radical (unpaired) electrons. The first-order chi connectivity index (χ1) is 11.4. The zero-order chi connectivity index (χ0) is 17.7. The third kappa shape index (κ3) is 4.99. The van der Waals surface area contributed by atoms with Gasteiger partial charge in [-0.3, -0.25) is 0 Å². The van der Waals surface area contributed by atoms with Gasteiger partial charge in [-0.2, -0.15) is 0 Å². The molecule has 0 bridgehead atoms. The number of carboxylic acids is 1. The van der Waals surface area contributed by atoms with Crippen LogP contribution in [0.5, 0.6) is 0 Å². The first-order valence-corrected chi connectivity index (χ1v) is 7.97.